The van der Waals surface area contributed by atoms with Crippen LogP contribution >= 0.6 is 15.9 Å². The van der Waals surface area contributed by atoms with Crippen LogP contribution in [0.15, 0.2) is 41.3 Å². The highest BCUT2D eigenvalue weighted by atomic mass is 79.9. The molecule has 1 N–H and O–H groups in total. The molecule has 0 fully saturated rings. The summed E-state index contributed by atoms with van der Waals surface area (Å²) in [4.78, 5) is 16.2. The van der Waals surface area contributed by atoms with Crippen molar-refractivity contribution in [2.24, 2.45) is 0 Å². The van der Waals surface area contributed by atoms with Gasteiger partial charge in [-0.25, -0.2) is 0 Å². The van der Waals surface area contributed by atoms with Crippen molar-refractivity contribution >= 4 is 21.8 Å². The van der Waals surface area contributed by atoms with Gasteiger partial charge in [-0.2, -0.15) is 0 Å². The lowest BCUT2D eigenvalue weighted by Crippen LogP contribution is -2.28. The first-order chi connectivity index (χ1) is 9.11. The molecule has 100 valence electrons. The Labute approximate surface area is 121 Å². The number of amides is 1. The van der Waals surface area contributed by atoms with Gasteiger partial charge in [0.2, 0.25) is 0 Å². The molecule has 0 spiro atoms. The summed E-state index contributed by atoms with van der Waals surface area (Å²) in [7, 11) is 0. The fraction of sp³-hybridized carbons (Fsp3) is 0.286. The minimum absolute atomic E-state index is 0.0468. The normalized spacial score (nSPS) is 12.2. The van der Waals surface area contributed by atoms with Crippen molar-refractivity contribution in [3.05, 3.63) is 52.5 Å². The number of pyridine rings is 1. The maximum atomic E-state index is 12.3. The average Bonchev–Trinajstić information content (AvgIpc) is 2.81. The molecule has 0 radical (unpaired) electrons. The fourth-order valence-electron chi connectivity index (χ4n) is 1.93. The van der Waals surface area contributed by atoms with E-state index < -0.39 is 0 Å². The molecule has 0 aliphatic carbocycles. The maximum Gasteiger partial charge on any atom is 0.268 e. The lowest BCUT2D eigenvalue weighted by Gasteiger charge is -2.14. The quantitative estimate of drug-likeness (QED) is 0.940. The van der Waals surface area contributed by atoms with Crippen LogP contribution in [0.4, 0.5) is 0 Å². The molecule has 1 unspecified atom stereocenters. The number of nitrogens with one attached hydrogen (secondary N) is 1. The smallest absolute Gasteiger partial charge is 0.268 e. The minimum Gasteiger partial charge on any atom is -0.344 e. The summed E-state index contributed by atoms with van der Waals surface area (Å²) in [5.74, 6) is -0.0723. The number of aromatic nitrogens is 2. The van der Waals surface area contributed by atoms with Crippen LogP contribution in [-0.4, -0.2) is 15.5 Å². The van der Waals surface area contributed by atoms with Gasteiger partial charge in [-0.3, -0.25) is 9.78 Å². The van der Waals surface area contributed by atoms with Gasteiger partial charge in [-0.05, 0) is 53.5 Å². The van der Waals surface area contributed by atoms with Gasteiger partial charge in [0.1, 0.15) is 5.69 Å². The third kappa shape index (κ3) is 3.23. The second-order valence-electron chi connectivity index (χ2n) is 4.31. The van der Waals surface area contributed by atoms with Crippen molar-refractivity contribution in [1.29, 1.82) is 0 Å². The molecular formula is C14H16BrN3O. The van der Waals surface area contributed by atoms with Gasteiger partial charge in [-0.15, -0.1) is 0 Å². The van der Waals surface area contributed by atoms with E-state index in [2.05, 4.69) is 26.2 Å². The van der Waals surface area contributed by atoms with E-state index in [-0.39, 0.29) is 11.9 Å². The molecule has 2 aromatic heterocycles. The molecule has 1 atom stereocenters. The van der Waals surface area contributed by atoms with Crippen molar-refractivity contribution in [1.82, 2.24) is 14.9 Å². The Balaban J connectivity index is 2.13. The van der Waals surface area contributed by atoms with E-state index in [9.17, 15) is 4.79 Å². The maximum absolute atomic E-state index is 12.3. The summed E-state index contributed by atoms with van der Waals surface area (Å²) in [5.41, 5.74) is 1.70. The summed E-state index contributed by atoms with van der Waals surface area (Å²) in [6.45, 7) is 4.73. The van der Waals surface area contributed by atoms with Crippen LogP contribution in [0, 0.1) is 0 Å². The van der Waals surface area contributed by atoms with Crippen molar-refractivity contribution in [3.8, 4) is 0 Å². The Hall–Kier alpha value is -1.62. The molecule has 0 aromatic carbocycles. The van der Waals surface area contributed by atoms with Crippen molar-refractivity contribution in [3.63, 3.8) is 0 Å². The van der Waals surface area contributed by atoms with Gasteiger partial charge in [0.15, 0.2) is 0 Å². The van der Waals surface area contributed by atoms with E-state index >= 15 is 0 Å². The topological polar surface area (TPSA) is 46.9 Å². The van der Waals surface area contributed by atoms with E-state index in [0.717, 1.165) is 16.6 Å². The second kappa shape index (κ2) is 6.02. The van der Waals surface area contributed by atoms with Crippen LogP contribution in [0.3, 0.4) is 0 Å². The highest BCUT2D eigenvalue weighted by Crippen LogP contribution is 2.17. The minimum atomic E-state index is -0.0723. The summed E-state index contributed by atoms with van der Waals surface area (Å²) >= 11 is 3.39. The van der Waals surface area contributed by atoms with Gasteiger partial charge in [-0.1, -0.05) is 0 Å². The molecule has 2 aromatic rings. The third-order valence-corrected chi connectivity index (χ3v) is 3.42. The van der Waals surface area contributed by atoms with Crippen LogP contribution in [0.2, 0.25) is 0 Å². The first-order valence-corrected chi connectivity index (χ1v) is 6.97. The number of hydrogen-bond donors (Lipinski definition) is 1. The van der Waals surface area contributed by atoms with Crippen LogP contribution in [-0.2, 0) is 6.54 Å². The van der Waals surface area contributed by atoms with Gasteiger partial charge < -0.3 is 9.88 Å². The number of aryl methyl sites for hydroxylation is 1. The summed E-state index contributed by atoms with van der Waals surface area (Å²) in [6, 6.07) is 5.59. The van der Waals surface area contributed by atoms with Crippen molar-refractivity contribution in [2.75, 3.05) is 0 Å². The zero-order valence-corrected chi connectivity index (χ0v) is 12.5. The Bertz CT molecular complexity index is 565. The molecule has 4 nitrogen and oxygen atoms in total. The van der Waals surface area contributed by atoms with Crippen molar-refractivity contribution in [2.45, 2.75) is 26.4 Å². The van der Waals surface area contributed by atoms with E-state index in [1.165, 1.54) is 0 Å². The van der Waals surface area contributed by atoms with Gasteiger partial charge in [0.25, 0.3) is 5.91 Å². The zero-order valence-electron chi connectivity index (χ0n) is 10.9. The molecule has 5 heteroatoms. The molecule has 0 aliphatic heterocycles. The molecule has 0 aliphatic rings. The standard InChI is InChI=1S/C14H16BrN3O/c1-3-18-9-12(15)8-13(18)14(19)17-10(2)11-4-6-16-7-5-11/h4-10H,3H2,1-2H3,(H,17,19). The van der Waals surface area contributed by atoms with E-state index in [4.69, 9.17) is 0 Å². The number of carbonyl (C=O) groups is 1. The lowest BCUT2D eigenvalue weighted by atomic mass is 10.1. The predicted molar refractivity (Wildman–Crippen MR) is 77.9 cm³/mol. The summed E-state index contributed by atoms with van der Waals surface area (Å²) in [5, 5.41) is 2.99. The first-order valence-electron chi connectivity index (χ1n) is 6.18. The Morgan fingerprint density at radius 1 is 1.47 bits per heavy atom. The SMILES string of the molecule is CCn1cc(Br)cc1C(=O)NC(C)c1ccncc1. The molecule has 19 heavy (non-hydrogen) atoms. The second-order valence-corrected chi connectivity index (χ2v) is 5.22. The molecule has 0 bridgehead atoms. The molecular weight excluding hydrogens is 306 g/mol. The Kier molecular flexibility index (Phi) is 4.37. The van der Waals surface area contributed by atoms with E-state index in [1.807, 2.05) is 42.8 Å². The highest BCUT2D eigenvalue weighted by Gasteiger charge is 2.15. The Morgan fingerprint density at radius 2 is 2.16 bits per heavy atom. The monoisotopic (exact) mass is 321 g/mol. The molecule has 0 saturated carbocycles. The Morgan fingerprint density at radius 3 is 2.79 bits per heavy atom. The molecule has 0 saturated heterocycles. The van der Waals surface area contributed by atoms with Crippen LogP contribution in [0.25, 0.3) is 0 Å². The molecule has 2 rings (SSSR count). The molecule has 1 amide bonds. The number of halogens is 1. The predicted octanol–water partition coefficient (Wildman–Crippen LogP) is 3.16. The first kappa shape index (κ1) is 13.8. The third-order valence-electron chi connectivity index (χ3n) is 2.99. The van der Waals surface area contributed by atoms with Crippen LogP contribution in [0.1, 0.15) is 35.9 Å². The van der Waals surface area contributed by atoms with E-state index in [1.54, 1.807) is 12.4 Å². The van der Waals surface area contributed by atoms with E-state index in [0.29, 0.717) is 5.69 Å². The van der Waals surface area contributed by atoms with Crippen LogP contribution < -0.4 is 5.32 Å². The lowest BCUT2D eigenvalue weighted by molar-refractivity contribution is 0.0930. The molecule has 2 heterocycles. The number of nitrogens with zero attached hydrogens (tertiary/aromatic N) is 2. The zero-order chi connectivity index (χ0) is 13.8. The van der Waals surface area contributed by atoms with Crippen molar-refractivity contribution < 1.29 is 4.79 Å². The summed E-state index contributed by atoms with van der Waals surface area (Å²) < 4.78 is 2.83. The van der Waals surface area contributed by atoms with Gasteiger partial charge >= 0.3 is 0 Å². The highest BCUT2D eigenvalue weighted by molar-refractivity contribution is 9.10. The fourth-order valence-corrected chi connectivity index (χ4v) is 2.40. The largest absolute Gasteiger partial charge is 0.344 e. The van der Waals surface area contributed by atoms with Gasteiger partial charge in [0, 0.05) is 29.6 Å². The average molecular weight is 322 g/mol. The number of carbonyl (C=O) groups excluding carboxylic acids is 1. The summed E-state index contributed by atoms with van der Waals surface area (Å²) in [6.07, 6.45) is 5.36. The number of rotatable bonds is 4. The van der Waals surface area contributed by atoms with Crippen LogP contribution in [0.5, 0.6) is 0 Å². The number of hydrogen-bond acceptors (Lipinski definition) is 2. The van der Waals surface area contributed by atoms with Gasteiger partial charge in [0.05, 0.1) is 6.04 Å².